The highest BCUT2D eigenvalue weighted by molar-refractivity contribution is 5.87. The standard InChI is InChI=1S/C21H25F3N2O3/c1-3-18(27)26-10-8-15(9-11-26)14(2)19(28)25-20(12-29-13-20)16-4-6-17(7-5-16)21(22,23)24/h3-7,14-15H,1,8-13H2,2H3,(H,25,28). The summed E-state index contributed by atoms with van der Waals surface area (Å²) >= 11 is 0. The summed E-state index contributed by atoms with van der Waals surface area (Å²) < 4.78 is 43.7. The Morgan fingerprint density at radius 3 is 2.28 bits per heavy atom. The number of hydrogen-bond acceptors (Lipinski definition) is 3. The maximum atomic E-state index is 12.9. The molecule has 0 aliphatic carbocycles. The number of benzene rings is 1. The number of carbonyl (C=O) groups excluding carboxylic acids is 2. The fraction of sp³-hybridized carbons (Fsp3) is 0.524. The number of ether oxygens (including phenoxy) is 1. The molecule has 8 heteroatoms. The normalized spacial score (nSPS) is 20.5. The molecule has 0 spiro atoms. The fourth-order valence-corrected chi connectivity index (χ4v) is 3.91. The molecule has 1 unspecified atom stereocenters. The first-order valence-electron chi connectivity index (χ1n) is 9.65. The summed E-state index contributed by atoms with van der Waals surface area (Å²) in [5.74, 6) is -0.396. The molecule has 0 saturated carbocycles. The van der Waals surface area contributed by atoms with Crippen LogP contribution in [0.2, 0.25) is 0 Å². The Balaban J connectivity index is 1.64. The molecule has 1 aromatic rings. The Labute approximate surface area is 167 Å². The zero-order chi connectivity index (χ0) is 21.2. The van der Waals surface area contributed by atoms with Gasteiger partial charge in [0.05, 0.1) is 18.8 Å². The van der Waals surface area contributed by atoms with Crippen LogP contribution in [-0.2, 0) is 26.0 Å². The first kappa shape index (κ1) is 21.4. The third-order valence-corrected chi connectivity index (χ3v) is 5.97. The van der Waals surface area contributed by atoms with Gasteiger partial charge in [0.1, 0.15) is 5.54 Å². The minimum absolute atomic E-state index is 0.103. The summed E-state index contributed by atoms with van der Waals surface area (Å²) in [6, 6.07) is 4.85. The van der Waals surface area contributed by atoms with Crippen LogP contribution >= 0.6 is 0 Å². The summed E-state index contributed by atoms with van der Waals surface area (Å²) in [4.78, 5) is 26.3. The van der Waals surface area contributed by atoms with E-state index in [1.54, 1.807) is 4.90 Å². The number of rotatable bonds is 5. The molecular formula is C21H25F3N2O3. The lowest BCUT2D eigenvalue weighted by molar-refractivity contribution is -0.140. The van der Waals surface area contributed by atoms with Crippen LogP contribution in [-0.4, -0.2) is 43.0 Å². The Morgan fingerprint density at radius 2 is 1.83 bits per heavy atom. The van der Waals surface area contributed by atoms with Gasteiger partial charge in [-0.3, -0.25) is 9.59 Å². The third-order valence-electron chi connectivity index (χ3n) is 5.97. The predicted octanol–water partition coefficient (Wildman–Crippen LogP) is 3.11. The van der Waals surface area contributed by atoms with Crippen LogP contribution in [0.5, 0.6) is 0 Å². The molecule has 2 fully saturated rings. The van der Waals surface area contributed by atoms with Crippen molar-refractivity contribution in [3.63, 3.8) is 0 Å². The van der Waals surface area contributed by atoms with Crippen molar-refractivity contribution in [2.45, 2.75) is 31.5 Å². The minimum atomic E-state index is -4.40. The molecule has 2 amide bonds. The molecule has 29 heavy (non-hydrogen) atoms. The number of carbonyl (C=O) groups is 2. The highest BCUT2D eigenvalue weighted by Gasteiger charge is 2.44. The molecule has 1 atom stereocenters. The second kappa shape index (κ2) is 8.18. The number of amides is 2. The molecule has 0 radical (unpaired) electrons. The number of alkyl halides is 3. The average molecular weight is 410 g/mol. The molecule has 2 aliphatic rings. The van der Waals surface area contributed by atoms with Gasteiger partial charge in [-0.2, -0.15) is 13.2 Å². The summed E-state index contributed by atoms with van der Waals surface area (Å²) in [6.45, 7) is 6.96. The van der Waals surface area contributed by atoms with Crippen LogP contribution in [0, 0.1) is 11.8 Å². The van der Waals surface area contributed by atoms with E-state index in [0.29, 0.717) is 18.7 Å². The zero-order valence-corrected chi connectivity index (χ0v) is 16.3. The lowest BCUT2D eigenvalue weighted by atomic mass is 9.82. The highest BCUT2D eigenvalue weighted by Crippen LogP contribution is 2.35. The molecule has 1 aromatic carbocycles. The van der Waals surface area contributed by atoms with Crippen molar-refractivity contribution >= 4 is 11.8 Å². The Morgan fingerprint density at radius 1 is 1.24 bits per heavy atom. The Bertz CT molecular complexity index is 764. The van der Waals surface area contributed by atoms with E-state index in [2.05, 4.69) is 11.9 Å². The molecule has 158 valence electrons. The van der Waals surface area contributed by atoms with Gasteiger partial charge >= 0.3 is 6.18 Å². The molecule has 2 heterocycles. The number of halogens is 3. The maximum Gasteiger partial charge on any atom is 0.416 e. The van der Waals surface area contributed by atoms with Crippen molar-refractivity contribution in [3.05, 3.63) is 48.0 Å². The molecular weight excluding hydrogens is 385 g/mol. The van der Waals surface area contributed by atoms with Crippen LogP contribution in [0.4, 0.5) is 13.2 Å². The van der Waals surface area contributed by atoms with E-state index in [1.165, 1.54) is 18.2 Å². The van der Waals surface area contributed by atoms with Gasteiger partial charge in [-0.15, -0.1) is 0 Å². The van der Waals surface area contributed by atoms with E-state index in [0.717, 1.165) is 25.0 Å². The smallest absolute Gasteiger partial charge is 0.376 e. The van der Waals surface area contributed by atoms with E-state index in [4.69, 9.17) is 4.74 Å². The number of nitrogens with zero attached hydrogens (tertiary/aromatic N) is 1. The lowest BCUT2D eigenvalue weighted by Gasteiger charge is -2.44. The largest absolute Gasteiger partial charge is 0.416 e. The van der Waals surface area contributed by atoms with Gasteiger partial charge in [-0.25, -0.2) is 0 Å². The lowest BCUT2D eigenvalue weighted by Crippen LogP contribution is -2.60. The molecule has 0 aromatic heterocycles. The van der Waals surface area contributed by atoms with Gasteiger partial charge < -0.3 is 15.0 Å². The summed E-state index contributed by atoms with van der Waals surface area (Å²) in [7, 11) is 0. The van der Waals surface area contributed by atoms with Gasteiger partial charge in [-0.05, 0) is 42.5 Å². The molecule has 1 N–H and O–H groups in total. The second-order valence-corrected chi connectivity index (χ2v) is 7.79. The van der Waals surface area contributed by atoms with Crippen molar-refractivity contribution in [2.75, 3.05) is 26.3 Å². The third kappa shape index (κ3) is 4.47. The fourth-order valence-electron chi connectivity index (χ4n) is 3.91. The van der Waals surface area contributed by atoms with E-state index in [9.17, 15) is 22.8 Å². The summed E-state index contributed by atoms with van der Waals surface area (Å²) in [6.07, 6.45) is -1.67. The maximum absolute atomic E-state index is 12.9. The molecule has 3 rings (SSSR count). The van der Waals surface area contributed by atoms with Crippen molar-refractivity contribution in [1.82, 2.24) is 10.2 Å². The first-order valence-corrected chi connectivity index (χ1v) is 9.65. The number of nitrogens with one attached hydrogen (secondary N) is 1. The molecule has 2 aliphatic heterocycles. The summed E-state index contributed by atoms with van der Waals surface area (Å²) in [5, 5.41) is 3.00. The topological polar surface area (TPSA) is 58.6 Å². The van der Waals surface area contributed by atoms with Crippen LogP contribution < -0.4 is 5.32 Å². The van der Waals surface area contributed by atoms with E-state index in [1.807, 2.05) is 6.92 Å². The van der Waals surface area contributed by atoms with Crippen molar-refractivity contribution in [3.8, 4) is 0 Å². The van der Waals surface area contributed by atoms with Gasteiger partial charge in [0.2, 0.25) is 11.8 Å². The van der Waals surface area contributed by atoms with Gasteiger partial charge in [0.25, 0.3) is 0 Å². The van der Waals surface area contributed by atoms with Crippen molar-refractivity contribution in [1.29, 1.82) is 0 Å². The van der Waals surface area contributed by atoms with Crippen LogP contribution in [0.1, 0.15) is 30.9 Å². The van der Waals surface area contributed by atoms with E-state index >= 15 is 0 Å². The van der Waals surface area contributed by atoms with E-state index < -0.39 is 17.3 Å². The highest BCUT2D eigenvalue weighted by atomic mass is 19.4. The Hall–Kier alpha value is -2.35. The summed E-state index contributed by atoms with van der Waals surface area (Å²) in [5.41, 5.74) is -0.921. The van der Waals surface area contributed by atoms with Crippen LogP contribution in [0.25, 0.3) is 0 Å². The predicted molar refractivity (Wildman–Crippen MR) is 101 cm³/mol. The zero-order valence-electron chi connectivity index (χ0n) is 16.3. The number of hydrogen-bond donors (Lipinski definition) is 1. The van der Waals surface area contributed by atoms with Gasteiger partial charge in [0, 0.05) is 19.0 Å². The van der Waals surface area contributed by atoms with Gasteiger partial charge in [-0.1, -0.05) is 25.6 Å². The SMILES string of the molecule is C=CC(=O)N1CCC(C(C)C(=O)NC2(c3ccc(C(F)(F)F)cc3)COC2)CC1. The number of likely N-dealkylation sites (tertiary alicyclic amines) is 1. The van der Waals surface area contributed by atoms with Gasteiger partial charge in [0.15, 0.2) is 0 Å². The van der Waals surface area contributed by atoms with Crippen LogP contribution in [0.15, 0.2) is 36.9 Å². The van der Waals surface area contributed by atoms with Crippen LogP contribution in [0.3, 0.4) is 0 Å². The molecule has 2 saturated heterocycles. The average Bonchev–Trinajstić information content (AvgIpc) is 2.69. The Kier molecular flexibility index (Phi) is 6.03. The van der Waals surface area contributed by atoms with E-state index in [-0.39, 0.29) is 36.9 Å². The monoisotopic (exact) mass is 410 g/mol. The first-order chi connectivity index (χ1) is 13.7. The number of piperidine rings is 1. The minimum Gasteiger partial charge on any atom is -0.376 e. The van der Waals surface area contributed by atoms with Crippen molar-refractivity contribution in [2.24, 2.45) is 11.8 Å². The second-order valence-electron chi connectivity index (χ2n) is 7.79. The quantitative estimate of drug-likeness (QED) is 0.759. The van der Waals surface area contributed by atoms with Crippen molar-refractivity contribution < 1.29 is 27.5 Å². The molecule has 0 bridgehead atoms. The molecule has 5 nitrogen and oxygen atoms in total.